The third-order valence-corrected chi connectivity index (χ3v) is 7.18. The minimum Gasteiger partial charge on any atom is -0.507 e. The van der Waals surface area contributed by atoms with Gasteiger partial charge in [-0.3, -0.25) is 19.3 Å². The van der Waals surface area contributed by atoms with E-state index in [1.165, 1.54) is 62.6 Å². The van der Waals surface area contributed by atoms with Gasteiger partial charge in [-0.1, -0.05) is 37.3 Å². The van der Waals surface area contributed by atoms with E-state index >= 15 is 0 Å². The molecule has 0 spiro atoms. The molecule has 0 aliphatic heterocycles. The summed E-state index contributed by atoms with van der Waals surface area (Å²) >= 11 is 0. The first-order valence-corrected chi connectivity index (χ1v) is 15.0. The monoisotopic (exact) mass is 663 g/mol. The molecular formula is C34H37N3O11. The number of nitrogens with one attached hydrogen (secondary N) is 2. The van der Waals surface area contributed by atoms with Gasteiger partial charge in [0, 0.05) is 19.9 Å². The topological polar surface area (TPSA) is 209 Å². The van der Waals surface area contributed by atoms with Gasteiger partial charge >= 0.3 is 23.8 Å². The van der Waals surface area contributed by atoms with E-state index < -0.39 is 41.7 Å². The minimum atomic E-state index is -1.78. The number of esters is 1. The van der Waals surface area contributed by atoms with Crippen LogP contribution in [0.15, 0.2) is 60.7 Å². The second-order valence-corrected chi connectivity index (χ2v) is 10.5. The average Bonchev–Trinajstić information content (AvgIpc) is 3.06. The fraction of sp³-hybridized carbons (Fsp3) is 0.294. The minimum absolute atomic E-state index is 0.0637. The van der Waals surface area contributed by atoms with Crippen molar-refractivity contribution >= 4 is 47.0 Å². The van der Waals surface area contributed by atoms with Gasteiger partial charge in [-0.15, -0.1) is 0 Å². The molecule has 14 heteroatoms. The third kappa shape index (κ3) is 9.31. The quantitative estimate of drug-likeness (QED) is 0.0906. The fourth-order valence-electron chi connectivity index (χ4n) is 4.94. The van der Waals surface area contributed by atoms with Crippen molar-refractivity contribution in [2.24, 2.45) is 0 Å². The summed E-state index contributed by atoms with van der Waals surface area (Å²) in [6.45, 7) is 3.48. The van der Waals surface area contributed by atoms with Gasteiger partial charge in [0.1, 0.15) is 23.1 Å². The Morgan fingerprint density at radius 2 is 1.65 bits per heavy atom. The van der Waals surface area contributed by atoms with Crippen molar-refractivity contribution in [1.29, 1.82) is 0 Å². The molecule has 0 bridgehead atoms. The number of carboxylic acids is 2. The summed E-state index contributed by atoms with van der Waals surface area (Å²) < 4.78 is 10.3. The maximum absolute atomic E-state index is 13.1. The number of ether oxygens (including phenoxy) is 2. The molecule has 0 saturated heterocycles. The van der Waals surface area contributed by atoms with Gasteiger partial charge in [-0.05, 0) is 60.7 Å². The summed E-state index contributed by atoms with van der Waals surface area (Å²) in [5, 5.41) is 34.6. The van der Waals surface area contributed by atoms with Crippen molar-refractivity contribution in [1.82, 2.24) is 10.6 Å². The van der Waals surface area contributed by atoms with Gasteiger partial charge in [0.15, 0.2) is 0 Å². The van der Waals surface area contributed by atoms with Crippen LogP contribution >= 0.6 is 0 Å². The number of carbonyl (C=O) groups excluding carboxylic acids is 4. The summed E-state index contributed by atoms with van der Waals surface area (Å²) in [7, 11) is 1.19. The highest BCUT2D eigenvalue weighted by Crippen LogP contribution is 2.33. The Hall–Kier alpha value is -5.92. The van der Waals surface area contributed by atoms with Crippen LogP contribution in [0, 0.1) is 0 Å². The zero-order chi connectivity index (χ0) is 35.4. The van der Waals surface area contributed by atoms with E-state index in [4.69, 9.17) is 4.74 Å². The zero-order valence-electron chi connectivity index (χ0n) is 26.6. The molecule has 5 N–H and O–H groups in total. The van der Waals surface area contributed by atoms with Crippen LogP contribution < -0.4 is 20.3 Å². The van der Waals surface area contributed by atoms with Crippen LogP contribution in [0.25, 0.3) is 0 Å². The van der Waals surface area contributed by atoms with Gasteiger partial charge in [-0.25, -0.2) is 14.4 Å². The second-order valence-electron chi connectivity index (χ2n) is 10.5. The van der Waals surface area contributed by atoms with Gasteiger partial charge in [0.05, 0.1) is 30.7 Å². The summed E-state index contributed by atoms with van der Waals surface area (Å²) in [6.07, 6.45) is 1.36. The number of para-hydroxylation sites is 1. The molecule has 0 heterocycles. The summed E-state index contributed by atoms with van der Waals surface area (Å²) in [4.78, 5) is 74.4. The molecule has 0 fully saturated rings. The molecule has 14 nitrogen and oxygen atoms in total. The summed E-state index contributed by atoms with van der Waals surface area (Å²) in [6, 6.07) is 13.7. The number of aliphatic carboxylic acids is 1. The lowest BCUT2D eigenvalue weighted by molar-refractivity contribution is -0.148. The Kier molecular flexibility index (Phi) is 13.0. The Bertz CT molecular complexity index is 1690. The van der Waals surface area contributed by atoms with Gasteiger partial charge < -0.3 is 35.4 Å². The Morgan fingerprint density at radius 3 is 2.29 bits per heavy atom. The van der Waals surface area contributed by atoms with Crippen molar-refractivity contribution in [3.63, 3.8) is 0 Å². The van der Waals surface area contributed by atoms with Crippen molar-refractivity contribution in [3.05, 3.63) is 82.9 Å². The van der Waals surface area contributed by atoms with Gasteiger partial charge in [0.2, 0.25) is 11.8 Å². The lowest BCUT2D eigenvalue weighted by Crippen LogP contribution is -2.47. The first kappa shape index (κ1) is 36.5. The van der Waals surface area contributed by atoms with E-state index in [1.807, 2.05) is 0 Å². The summed E-state index contributed by atoms with van der Waals surface area (Å²) in [5.74, 6) is -6.21. The third-order valence-electron chi connectivity index (χ3n) is 7.18. The Labute approximate surface area is 276 Å². The number of methoxy groups -OCH3 is 1. The number of aryl methyl sites for hydroxylation is 1. The van der Waals surface area contributed by atoms with Crippen LogP contribution in [0.4, 0.5) is 11.4 Å². The number of phenolic OH excluding ortho intramolecular Hbond substituents is 1. The number of rotatable bonds is 15. The van der Waals surface area contributed by atoms with Crippen LogP contribution in [0.1, 0.15) is 58.5 Å². The molecule has 3 aromatic carbocycles. The lowest BCUT2D eigenvalue weighted by atomic mass is 9.99. The number of unbranched alkanes of at least 4 members (excludes halogenated alkanes) is 1. The van der Waals surface area contributed by atoms with Crippen LogP contribution in [0.3, 0.4) is 0 Å². The molecular weight excluding hydrogens is 626 g/mol. The number of phenols is 1. The predicted molar refractivity (Wildman–Crippen MR) is 172 cm³/mol. The predicted octanol–water partition coefficient (Wildman–Crippen LogP) is 3.21. The molecule has 3 rings (SSSR count). The van der Waals surface area contributed by atoms with E-state index in [2.05, 4.69) is 15.4 Å². The van der Waals surface area contributed by atoms with E-state index in [0.29, 0.717) is 30.4 Å². The number of aromatic hydroxyl groups is 1. The Balaban J connectivity index is 1.71. The number of amides is 3. The number of anilines is 2. The van der Waals surface area contributed by atoms with Crippen molar-refractivity contribution in [3.8, 4) is 11.5 Å². The SMILES string of the molecule is CCc1cc(C[C@@H](NC(C)=O)C(=O)NCCCCOc2cccc(O)c2C(=O)OC)ccc1N(C(=O)C(=O)O)c1ccccc1C(=O)O. The highest BCUT2D eigenvalue weighted by Gasteiger charge is 2.30. The van der Waals surface area contributed by atoms with E-state index in [-0.39, 0.29) is 53.6 Å². The molecule has 0 aliphatic carbocycles. The van der Waals surface area contributed by atoms with Crippen molar-refractivity contribution in [2.75, 3.05) is 25.2 Å². The van der Waals surface area contributed by atoms with Crippen molar-refractivity contribution in [2.45, 2.75) is 45.6 Å². The highest BCUT2D eigenvalue weighted by molar-refractivity contribution is 6.39. The first-order valence-electron chi connectivity index (χ1n) is 15.0. The van der Waals surface area contributed by atoms with E-state index in [9.17, 15) is 44.1 Å². The smallest absolute Gasteiger partial charge is 0.395 e. The maximum atomic E-state index is 13.1. The number of hydrogen-bond acceptors (Lipinski definition) is 9. The number of aromatic carboxylic acids is 1. The standard InChI is InChI=1S/C34H37N3O11/c1-4-22-18-21(14-15-25(22)37(31(41)33(44)45)26-11-6-5-10-23(26)32(42)43)19-24(36-20(2)38)30(40)35-16-7-8-17-48-28-13-9-12-27(39)29(28)34(46)47-3/h5-6,9-15,18,24,39H,4,7-8,16-17,19H2,1-3H3,(H,35,40)(H,36,38)(H,42,43)(H,44,45)/t24-/m1/s1. The second kappa shape index (κ2) is 17.1. The van der Waals surface area contributed by atoms with Gasteiger partial charge in [0.25, 0.3) is 0 Å². The maximum Gasteiger partial charge on any atom is 0.395 e. The molecule has 0 saturated carbocycles. The molecule has 1 atom stereocenters. The number of benzene rings is 3. The molecule has 0 aromatic heterocycles. The molecule has 3 amide bonds. The summed E-state index contributed by atoms with van der Waals surface area (Å²) in [5.41, 5.74) is 0.793. The number of carbonyl (C=O) groups is 6. The number of carboxylic acid groups (broad SMARTS) is 2. The molecule has 0 aliphatic rings. The highest BCUT2D eigenvalue weighted by atomic mass is 16.5. The van der Waals surface area contributed by atoms with E-state index in [0.717, 1.165) is 4.90 Å². The molecule has 254 valence electrons. The van der Waals surface area contributed by atoms with Crippen LogP contribution in [-0.4, -0.2) is 77.3 Å². The van der Waals surface area contributed by atoms with E-state index in [1.54, 1.807) is 19.1 Å². The average molecular weight is 664 g/mol. The van der Waals surface area contributed by atoms with Gasteiger partial charge in [-0.2, -0.15) is 0 Å². The normalized spacial score (nSPS) is 11.1. The van der Waals surface area contributed by atoms with Crippen LogP contribution in [0.2, 0.25) is 0 Å². The molecule has 48 heavy (non-hydrogen) atoms. The molecule has 3 aromatic rings. The fourth-order valence-corrected chi connectivity index (χ4v) is 4.94. The van der Waals surface area contributed by atoms with Crippen LogP contribution in [0.5, 0.6) is 11.5 Å². The largest absolute Gasteiger partial charge is 0.507 e. The number of nitrogens with zero attached hydrogens (tertiary/aromatic N) is 1. The lowest BCUT2D eigenvalue weighted by Gasteiger charge is -2.26. The zero-order valence-corrected chi connectivity index (χ0v) is 26.6. The molecule has 0 radical (unpaired) electrons. The Morgan fingerprint density at radius 1 is 0.917 bits per heavy atom. The van der Waals surface area contributed by atoms with Crippen LogP contribution in [-0.2, 0) is 36.8 Å². The number of hydrogen-bond donors (Lipinski definition) is 5. The first-order chi connectivity index (χ1) is 22.9. The molecule has 0 unspecified atom stereocenters. The van der Waals surface area contributed by atoms with Crippen molar-refractivity contribution < 1.29 is 53.6 Å².